The predicted molar refractivity (Wildman–Crippen MR) is 96.9 cm³/mol. The molecular formula is C20H19FGeIrN-. The molecule has 0 amide bonds. The van der Waals surface area contributed by atoms with Crippen LogP contribution in [0.3, 0.4) is 0 Å². The fraction of sp³-hybridized carbons (Fsp3) is 0.150. The summed E-state index contributed by atoms with van der Waals surface area (Å²) in [5.74, 6) is 6.44. The molecule has 4 heteroatoms. The van der Waals surface area contributed by atoms with E-state index in [2.05, 4.69) is 28.3 Å². The van der Waals surface area contributed by atoms with Crippen LogP contribution in [0.5, 0.6) is 0 Å². The molecule has 3 aromatic rings. The Morgan fingerprint density at radius 2 is 1.67 bits per heavy atom. The maximum Gasteiger partial charge on any atom is 0 e. The Kier molecular flexibility index (Phi) is 6.13. The van der Waals surface area contributed by atoms with Gasteiger partial charge in [-0.05, 0) is 0 Å². The van der Waals surface area contributed by atoms with E-state index < -0.39 is 13.3 Å². The molecule has 0 fully saturated rings. The first-order valence-corrected chi connectivity index (χ1v) is 15.0. The fourth-order valence-corrected chi connectivity index (χ4v) is 4.55. The van der Waals surface area contributed by atoms with Gasteiger partial charge in [0.15, 0.2) is 0 Å². The molecule has 0 bridgehead atoms. The smallest absolute Gasteiger partial charge is 0 e. The summed E-state index contributed by atoms with van der Waals surface area (Å²) in [5, 5.41) is 0. The van der Waals surface area contributed by atoms with Gasteiger partial charge in [-0.2, -0.15) is 0 Å². The first-order valence-electron chi connectivity index (χ1n) is 7.69. The second kappa shape index (κ2) is 7.73. The zero-order valence-corrected chi connectivity index (χ0v) is 18.4. The monoisotopic (exact) mass is 559 g/mol. The Bertz CT molecular complexity index is 811. The summed E-state index contributed by atoms with van der Waals surface area (Å²) in [6.45, 7) is 0. The normalized spacial score (nSPS) is 11.0. The number of hydrogen-bond donors (Lipinski definition) is 0. The van der Waals surface area contributed by atoms with Crippen LogP contribution in [0.4, 0.5) is 4.39 Å². The number of hydrogen-bond acceptors (Lipinski definition) is 1. The van der Waals surface area contributed by atoms with E-state index in [1.165, 1.54) is 0 Å². The molecule has 0 N–H and O–H groups in total. The molecule has 0 saturated carbocycles. The Labute approximate surface area is 159 Å². The quantitative estimate of drug-likeness (QED) is 0.330. The topological polar surface area (TPSA) is 12.9 Å². The maximum atomic E-state index is 14.4. The largest absolute Gasteiger partial charge is 0 e. The first-order chi connectivity index (χ1) is 10.9. The van der Waals surface area contributed by atoms with Crippen molar-refractivity contribution in [2.24, 2.45) is 0 Å². The van der Waals surface area contributed by atoms with Crippen molar-refractivity contribution in [2.75, 3.05) is 0 Å². The van der Waals surface area contributed by atoms with Crippen molar-refractivity contribution in [2.45, 2.75) is 17.3 Å². The third-order valence-corrected chi connectivity index (χ3v) is 8.09. The molecule has 0 unspecified atom stereocenters. The van der Waals surface area contributed by atoms with Crippen LogP contribution in [0, 0.1) is 11.9 Å². The summed E-state index contributed by atoms with van der Waals surface area (Å²) in [7, 11) is 0. The summed E-state index contributed by atoms with van der Waals surface area (Å²) in [6.07, 6.45) is 1.83. The third-order valence-electron chi connectivity index (χ3n) is 3.88. The molecule has 1 heterocycles. The van der Waals surface area contributed by atoms with Crippen LogP contribution >= 0.6 is 0 Å². The van der Waals surface area contributed by atoms with Crippen LogP contribution in [-0.4, -0.2) is 18.3 Å². The fourth-order valence-electron chi connectivity index (χ4n) is 2.43. The Balaban J connectivity index is 0.00000208. The van der Waals surface area contributed by atoms with Gasteiger partial charge in [0.2, 0.25) is 0 Å². The van der Waals surface area contributed by atoms with Gasteiger partial charge in [0.25, 0.3) is 0 Å². The van der Waals surface area contributed by atoms with Crippen molar-refractivity contribution < 1.29 is 24.5 Å². The van der Waals surface area contributed by atoms with Crippen molar-refractivity contribution >= 4 is 17.7 Å². The van der Waals surface area contributed by atoms with E-state index in [1.54, 1.807) is 6.07 Å². The second-order valence-corrected chi connectivity index (χ2v) is 17.3. The molecule has 0 aliphatic rings. The van der Waals surface area contributed by atoms with E-state index in [-0.39, 0.29) is 25.9 Å². The summed E-state index contributed by atoms with van der Waals surface area (Å²) < 4.78 is 15.5. The molecule has 2 aromatic carbocycles. The van der Waals surface area contributed by atoms with Crippen molar-refractivity contribution in [1.82, 2.24) is 4.98 Å². The molecule has 3 rings (SSSR count). The number of aromatic nitrogens is 1. The molecule has 0 atom stereocenters. The zero-order valence-electron chi connectivity index (χ0n) is 13.9. The zero-order chi connectivity index (χ0) is 16.4. The molecular weight excluding hydrogens is 538 g/mol. The van der Waals surface area contributed by atoms with Crippen LogP contribution < -0.4 is 4.40 Å². The molecule has 1 nitrogen and oxygen atoms in total. The average molecular weight is 557 g/mol. The molecule has 1 radical (unpaired) electrons. The van der Waals surface area contributed by atoms with Crippen molar-refractivity contribution in [3.8, 4) is 22.4 Å². The van der Waals surface area contributed by atoms with E-state index in [1.807, 2.05) is 54.7 Å². The van der Waals surface area contributed by atoms with Gasteiger partial charge in [-0.25, -0.2) is 0 Å². The molecule has 24 heavy (non-hydrogen) atoms. The third kappa shape index (κ3) is 4.21. The molecule has 0 aliphatic carbocycles. The number of halogens is 1. The Morgan fingerprint density at radius 1 is 0.958 bits per heavy atom. The van der Waals surface area contributed by atoms with Crippen LogP contribution in [0.25, 0.3) is 22.4 Å². The van der Waals surface area contributed by atoms with E-state index >= 15 is 0 Å². The van der Waals surface area contributed by atoms with Gasteiger partial charge in [0, 0.05) is 20.1 Å². The number of rotatable bonds is 3. The maximum absolute atomic E-state index is 14.4. The molecule has 0 aliphatic heterocycles. The number of benzene rings is 2. The summed E-state index contributed by atoms with van der Waals surface area (Å²) in [6, 6.07) is 20.7. The van der Waals surface area contributed by atoms with Gasteiger partial charge in [0.1, 0.15) is 0 Å². The minimum atomic E-state index is -2.06. The van der Waals surface area contributed by atoms with Gasteiger partial charge < -0.3 is 0 Å². The average Bonchev–Trinajstić information content (AvgIpc) is 2.55. The van der Waals surface area contributed by atoms with Crippen LogP contribution in [0.2, 0.25) is 17.3 Å². The molecule has 0 saturated heterocycles. The Hall–Kier alpha value is -1.29. The minimum absolute atomic E-state index is 0. The number of pyridine rings is 1. The van der Waals surface area contributed by atoms with Gasteiger partial charge in [0.05, 0.1) is 0 Å². The predicted octanol–water partition coefficient (Wildman–Crippen LogP) is 4.90. The van der Waals surface area contributed by atoms with Gasteiger partial charge in [-0.3, -0.25) is 0 Å². The molecule has 125 valence electrons. The van der Waals surface area contributed by atoms with Gasteiger partial charge in [-0.1, -0.05) is 0 Å². The summed E-state index contributed by atoms with van der Waals surface area (Å²) in [4.78, 5) is 4.36. The summed E-state index contributed by atoms with van der Waals surface area (Å²) in [5.41, 5.74) is 3.26. The molecule has 1 aromatic heterocycles. The van der Waals surface area contributed by atoms with Crippen molar-refractivity contribution in [3.05, 3.63) is 72.7 Å². The van der Waals surface area contributed by atoms with Gasteiger partial charge >= 0.3 is 139 Å². The Morgan fingerprint density at radius 3 is 2.21 bits per heavy atom. The minimum Gasteiger partial charge on any atom is 0 e. The summed E-state index contributed by atoms with van der Waals surface area (Å²) >= 11 is -2.06. The number of nitrogens with zero attached hydrogens (tertiary/aromatic N) is 1. The first kappa shape index (κ1) is 19.0. The van der Waals surface area contributed by atoms with E-state index in [4.69, 9.17) is 0 Å². The standard InChI is InChI=1S/C20H19FGeN.Ir/c1-22(2,3)18-13-19(21)20(23-14-18)17-11-9-16(10-12-17)15-7-5-4-6-8-15;/h4-11,13-14H,1-3H3;/q-1;. The van der Waals surface area contributed by atoms with Gasteiger partial charge in [-0.15, -0.1) is 0 Å². The van der Waals surface area contributed by atoms with Crippen LogP contribution in [0.15, 0.2) is 60.8 Å². The SMILES string of the molecule is [CH3][Ge]([CH3])([CH3])[c]1cnc(-c2[c-]cc(-c3ccccc3)cc2)c(F)c1.[Ir]. The molecule has 0 spiro atoms. The van der Waals surface area contributed by atoms with E-state index in [9.17, 15) is 4.39 Å². The van der Waals surface area contributed by atoms with E-state index in [0.717, 1.165) is 15.5 Å². The van der Waals surface area contributed by atoms with Crippen LogP contribution in [0.1, 0.15) is 0 Å². The second-order valence-electron chi connectivity index (χ2n) is 6.66. The van der Waals surface area contributed by atoms with Crippen molar-refractivity contribution in [3.63, 3.8) is 0 Å². The van der Waals surface area contributed by atoms with Crippen molar-refractivity contribution in [1.29, 1.82) is 0 Å². The van der Waals surface area contributed by atoms with Crippen LogP contribution in [-0.2, 0) is 20.1 Å². The van der Waals surface area contributed by atoms with E-state index in [0.29, 0.717) is 11.3 Å².